The second-order valence-corrected chi connectivity index (χ2v) is 5.29. The quantitative estimate of drug-likeness (QED) is 0.640. The lowest BCUT2D eigenvalue weighted by atomic mass is 10.2. The molecule has 21 heavy (non-hydrogen) atoms. The van der Waals surface area contributed by atoms with Crippen LogP contribution in [0.3, 0.4) is 0 Å². The summed E-state index contributed by atoms with van der Waals surface area (Å²) in [5.74, 6) is -0.252. The van der Waals surface area contributed by atoms with Crippen LogP contribution in [0.15, 0.2) is 24.3 Å². The number of amides is 2. The number of benzene rings is 1. The van der Waals surface area contributed by atoms with E-state index in [1.165, 1.54) is 0 Å². The van der Waals surface area contributed by atoms with Gasteiger partial charge in [-0.3, -0.25) is 9.59 Å². The van der Waals surface area contributed by atoms with E-state index in [4.69, 9.17) is 16.7 Å². The second-order valence-electron chi connectivity index (χ2n) is 4.85. The van der Waals surface area contributed by atoms with Crippen molar-refractivity contribution in [3.05, 3.63) is 34.9 Å². The van der Waals surface area contributed by atoms with Crippen molar-refractivity contribution in [1.82, 2.24) is 10.6 Å². The molecule has 0 aliphatic heterocycles. The van der Waals surface area contributed by atoms with Gasteiger partial charge < -0.3 is 15.7 Å². The summed E-state index contributed by atoms with van der Waals surface area (Å²) in [5, 5.41) is 15.1. The number of nitrogens with one attached hydrogen (secondary N) is 2. The normalized spacial score (nSPS) is 11.8. The maximum Gasteiger partial charge on any atom is 0.251 e. The Morgan fingerprint density at radius 3 is 2.48 bits per heavy atom. The second kappa shape index (κ2) is 9.37. The molecule has 0 aromatic heterocycles. The molecule has 1 atom stereocenters. The molecule has 0 aliphatic rings. The van der Waals surface area contributed by atoms with Crippen molar-refractivity contribution in [3.8, 4) is 0 Å². The maximum atomic E-state index is 11.8. The Balaban J connectivity index is 2.14. The van der Waals surface area contributed by atoms with Crippen molar-refractivity contribution < 1.29 is 14.7 Å². The van der Waals surface area contributed by atoms with Crippen LogP contribution in [-0.2, 0) is 4.79 Å². The smallest absolute Gasteiger partial charge is 0.251 e. The molecule has 0 spiro atoms. The lowest BCUT2D eigenvalue weighted by Gasteiger charge is -2.07. The summed E-state index contributed by atoms with van der Waals surface area (Å²) in [4.78, 5) is 23.2. The van der Waals surface area contributed by atoms with E-state index in [1.54, 1.807) is 31.2 Å². The van der Waals surface area contributed by atoms with Crippen molar-refractivity contribution in [2.75, 3.05) is 13.1 Å². The Morgan fingerprint density at radius 1 is 1.19 bits per heavy atom. The topological polar surface area (TPSA) is 78.4 Å². The number of hydrogen-bond acceptors (Lipinski definition) is 3. The van der Waals surface area contributed by atoms with Gasteiger partial charge in [0.25, 0.3) is 5.91 Å². The van der Waals surface area contributed by atoms with Gasteiger partial charge in [-0.15, -0.1) is 0 Å². The predicted octanol–water partition coefficient (Wildman–Crippen LogP) is 1.74. The lowest BCUT2D eigenvalue weighted by molar-refractivity contribution is -0.121. The van der Waals surface area contributed by atoms with Crippen molar-refractivity contribution in [2.45, 2.75) is 32.3 Å². The Labute approximate surface area is 129 Å². The minimum atomic E-state index is -0.413. The van der Waals surface area contributed by atoms with E-state index in [0.717, 1.165) is 0 Å². The highest BCUT2D eigenvalue weighted by Crippen LogP contribution is 2.09. The zero-order valence-corrected chi connectivity index (χ0v) is 12.8. The average Bonchev–Trinajstić information content (AvgIpc) is 2.43. The average molecular weight is 313 g/mol. The van der Waals surface area contributed by atoms with Gasteiger partial charge in [0.2, 0.25) is 5.91 Å². The molecule has 0 heterocycles. The first kappa shape index (κ1) is 17.5. The Kier molecular flexibility index (Phi) is 7.79. The number of carbonyl (C=O) groups is 2. The maximum absolute atomic E-state index is 11.8. The highest BCUT2D eigenvalue weighted by molar-refractivity contribution is 6.30. The molecule has 2 amide bonds. The summed E-state index contributed by atoms with van der Waals surface area (Å²) in [5.41, 5.74) is 0.542. The van der Waals surface area contributed by atoms with Gasteiger partial charge in [0.1, 0.15) is 0 Å². The molecule has 0 bridgehead atoms. The van der Waals surface area contributed by atoms with Crippen LogP contribution in [0.2, 0.25) is 5.02 Å². The summed E-state index contributed by atoms with van der Waals surface area (Å²) in [7, 11) is 0. The monoisotopic (exact) mass is 312 g/mol. The SMILES string of the molecule is CC(O)CCNC(=O)CCCNC(=O)c1ccc(Cl)cc1. The van der Waals surface area contributed by atoms with Crippen molar-refractivity contribution in [1.29, 1.82) is 0 Å². The Hall–Kier alpha value is -1.59. The lowest BCUT2D eigenvalue weighted by Crippen LogP contribution is -2.28. The molecule has 3 N–H and O–H groups in total. The van der Waals surface area contributed by atoms with Gasteiger partial charge in [-0.1, -0.05) is 11.6 Å². The van der Waals surface area contributed by atoms with Gasteiger partial charge in [-0.2, -0.15) is 0 Å². The van der Waals surface area contributed by atoms with E-state index in [9.17, 15) is 9.59 Å². The molecule has 116 valence electrons. The molecular weight excluding hydrogens is 292 g/mol. The first-order valence-electron chi connectivity index (χ1n) is 6.97. The molecule has 1 aromatic carbocycles. The van der Waals surface area contributed by atoms with Crippen LogP contribution in [0.25, 0.3) is 0 Å². The molecule has 5 nitrogen and oxygen atoms in total. The van der Waals surface area contributed by atoms with Crippen LogP contribution in [0.1, 0.15) is 36.5 Å². The summed E-state index contributed by atoms with van der Waals surface area (Å²) in [6.45, 7) is 2.58. The van der Waals surface area contributed by atoms with Gasteiger partial charge in [-0.05, 0) is 44.0 Å². The van der Waals surface area contributed by atoms with Gasteiger partial charge >= 0.3 is 0 Å². The van der Waals surface area contributed by atoms with Crippen LogP contribution >= 0.6 is 11.6 Å². The fourth-order valence-electron chi connectivity index (χ4n) is 1.66. The Bertz CT molecular complexity index is 460. The predicted molar refractivity (Wildman–Crippen MR) is 82.3 cm³/mol. The Morgan fingerprint density at radius 2 is 1.86 bits per heavy atom. The first-order valence-corrected chi connectivity index (χ1v) is 7.35. The molecule has 0 radical (unpaired) electrons. The molecule has 1 aromatic rings. The highest BCUT2D eigenvalue weighted by Gasteiger charge is 2.06. The number of hydrogen-bond donors (Lipinski definition) is 3. The third-order valence-electron chi connectivity index (χ3n) is 2.86. The van der Waals surface area contributed by atoms with Crippen LogP contribution in [0, 0.1) is 0 Å². The highest BCUT2D eigenvalue weighted by atomic mass is 35.5. The molecule has 1 unspecified atom stereocenters. The van der Waals surface area contributed by atoms with Gasteiger partial charge in [0.05, 0.1) is 6.10 Å². The zero-order valence-electron chi connectivity index (χ0n) is 12.1. The van der Waals surface area contributed by atoms with E-state index in [2.05, 4.69) is 10.6 Å². The van der Waals surface area contributed by atoms with E-state index < -0.39 is 6.10 Å². The number of aliphatic hydroxyl groups excluding tert-OH is 1. The number of rotatable bonds is 8. The van der Waals surface area contributed by atoms with E-state index in [1.807, 2.05) is 0 Å². The fourth-order valence-corrected chi connectivity index (χ4v) is 1.79. The van der Waals surface area contributed by atoms with Crippen LogP contribution in [0.4, 0.5) is 0 Å². The van der Waals surface area contributed by atoms with Gasteiger partial charge in [0, 0.05) is 30.1 Å². The van der Waals surface area contributed by atoms with Crippen LogP contribution in [-0.4, -0.2) is 36.1 Å². The van der Waals surface area contributed by atoms with Crippen molar-refractivity contribution in [2.24, 2.45) is 0 Å². The fraction of sp³-hybridized carbons (Fsp3) is 0.467. The third kappa shape index (κ3) is 7.68. The van der Waals surface area contributed by atoms with Crippen molar-refractivity contribution in [3.63, 3.8) is 0 Å². The third-order valence-corrected chi connectivity index (χ3v) is 3.11. The molecule has 1 rings (SSSR count). The molecule has 6 heteroatoms. The van der Waals surface area contributed by atoms with Crippen LogP contribution < -0.4 is 10.6 Å². The first-order chi connectivity index (χ1) is 9.99. The van der Waals surface area contributed by atoms with Crippen molar-refractivity contribution >= 4 is 23.4 Å². The molecule has 0 saturated carbocycles. The molecule has 0 fully saturated rings. The standard InChI is InChI=1S/C15H21ClN2O3/c1-11(19)8-10-17-14(20)3-2-9-18-15(21)12-4-6-13(16)7-5-12/h4-7,11,19H,2-3,8-10H2,1H3,(H,17,20)(H,18,21). The minimum Gasteiger partial charge on any atom is -0.393 e. The van der Waals surface area contributed by atoms with Gasteiger partial charge in [0.15, 0.2) is 0 Å². The molecule has 0 aliphatic carbocycles. The molecule has 0 saturated heterocycles. The summed E-state index contributed by atoms with van der Waals surface area (Å²) in [6.07, 6.45) is 1.04. The molecular formula is C15H21ClN2O3. The van der Waals surface area contributed by atoms with Gasteiger partial charge in [-0.25, -0.2) is 0 Å². The largest absolute Gasteiger partial charge is 0.393 e. The van der Waals surface area contributed by atoms with Crippen LogP contribution in [0.5, 0.6) is 0 Å². The zero-order chi connectivity index (χ0) is 15.7. The number of carbonyl (C=O) groups excluding carboxylic acids is 2. The number of halogens is 1. The summed E-state index contributed by atoms with van der Waals surface area (Å²) >= 11 is 5.75. The summed E-state index contributed by atoms with van der Waals surface area (Å²) in [6, 6.07) is 6.62. The minimum absolute atomic E-state index is 0.0728. The van der Waals surface area contributed by atoms with E-state index in [-0.39, 0.29) is 11.8 Å². The van der Waals surface area contributed by atoms with E-state index in [0.29, 0.717) is 42.9 Å². The summed E-state index contributed by atoms with van der Waals surface area (Å²) < 4.78 is 0. The van der Waals surface area contributed by atoms with E-state index >= 15 is 0 Å². The number of aliphatic hydroxyl groups is 1.